The van der Waals surface area contributed by atoms with Crippen LogP contribution < -0.4 is 20.1 Å². The molecule has 0 atom stereocenters. The maximum Gasteiger partial charge on any atom is 0.329 e. The van der Waals surface area contributed by atoms with Gasteiger partial charge < -0.3 is 50.3 Å². The molecule has 458 valence electrons. The van der Waals surface area contributed by atoms with Crippen molar-refractivity contribution in [2.24, 2.45) is 0 Å². The zero-order valence-corrected chi connectivity index (χ0v) is 52.5. The predicted octanol–water partition coefficient (Wildman–Crippen LogP) is 12.4. The van der Waals surface area contributed by atoms with E-state index in [1.807, 2.05) is 114 Å². The van der Waals surface area contributed by atoms with E-state index in [0.29, 0.717) is 71.8 Å². The molecule has 2 heterocycles. The number of hydrogen-bond donors (Lipinski definition) is 6. The molecule has 2 aliphatic carbocycles. The summed E-state index contributed by atoms with van der Waals surface area (Å²) >= 11 is 13.0. The molecular formula is C65H80Cl4N6O10. The van der Waals surface area contributed by atoms with Crippen LogP contribution in [0.2, 0.25) is 10.0 Å². The summed E-state index contributed by atoms with van der Waals surface area (Å²) in [5, 5.41) is 46.2. The first-order chi connectivity index (χ1) is 39.6. The van der Waals surface area contributed by atoms with Crippen molar-refractivity contribution in [3.8, 4) is 56.3 Å². The summed E-state index contributed by atoms with van der Waals surface area (Å²) in [5.74, 6) is -2.07. The Hall–Kier alpha value is -6.34. The Bertz CT molecular complexity index is 3240. The predicted molar refractivity (Wildman–Crippen MR) is 340 cm³/mol. The Morgan fingerprint density at radius 2 is 0.988 bits per heavy atom. The SMILES string of the molecule is CC(C)c1ccccc1-c1ccc(C(=O)NC2(C(=O)O)CCC(O)CC2)nc1-c1ccc(Cl)c(OCCCN(C)C)c1.Cc1ccccc1-c1ccc(C(=O)NC2(C(=O)O)CCC(O)CC2)nc1-c1ccc(Cl)c(OCCCCN(C)C)c1.Cl.Cl. The van der Waals surface area contributed by atoms with E-state index in [-0.39, 0.29) is 67.8 Å². The van der Waals surface area contributed by atoms with Crippen molar-refractivity contribution in [1.82, 2.24) is 30.4 Å². The minimum atomic E-state index is -1.45. The van der Waals surface area contributed by atoms with Crippen LogP contribution in [0.25, 0.3) is 44.8 Å². The second kappa shape index (κ2) is 31.9. The minimum Gasteiger partial charge on any atom is -0.492 e. The van der Waals surface area contributed by atoms with Crippen LogP contribution in [-0.2, 0) is 9.59 Å². The standard InChI is InChI=1S/C33H40ClN3O5.C32H38ClN3O5.2ClH/c1-21(2)24-8-5-6-9-25(24)26-11-13-28(31(39)36-33(32(40)41)16-14-23(38)15-17-33)35-30(26)22-10-12-27(34)29(20-22)42-19-7-18-37(3)4;1-21-8-4-5-9-24(21)25-11-13-27(30(38)35-32(31(39)40)16-14-23(37)15-17-32)34-29(25)22-10-12-26(33)28(20-22)41-19-7-6-18-36(2)3;;/h5-6,8-13,20-21,23,38H,7,14-19H2,1-4H3,(H,36,39)(H,40,41);4-5,8-13,20,23,37H,6-7,14-19H2,1-3H3,(H,35,38)(H,39,40);2*1H. The van der Waals surface area contributed by atoms with E-state index in [9.17, 15) is 39.6 Å². The van der Waals surface area contributed by atoms with Gasteiger partial charge in [-0.15, -0.1) is 24.8 Å². The highest BCUT2D eigenvalue weighted by Gasteiger charge is 2.45. The van der Waals surface area contributed by atoms with Gasteiger partial charge in [-0.2, -0.15) is 0 Å². The van der Waals surface area contributed by atoms with Crippen LogP contribution in [0.1, 0.15) is 122 Å². The third kappa shape index (κ3) is 18.1. The van der Waals surface area contributed by atoms with Gasteiger partial charge in [0.1, 0.15) is 34.0 Å². The average molecular weight is 1250 g/mol. The van der Waals surface area contributed by atoms with Crippen LogP contribution in [0.3, 0.4) is 0 Å². The number of carbonyl (C=O) groups excluding carboxylic acids is 2. The maximum atomic E-state index is 13.5. The number of aliphatic carboxylic acids is 2. The molecular weight excluding hydrogens is 1170 g/mol. The number of carboxylic acids is 2. The first kappa shape index (κ1) is 69.4. The number of rotatable bonds is 22. The van der Waals surface area contributed by atoms with E-state index in [0.717, 1.165) is 76.9 Å². The Morgan fingerprint density at radius 3 is 1.42 bits per heavy atom. The zero-order chi connectivity index (χ0) is 60.0. The number of unbranched alkanes of at least 4 members (excludes halogenated alkanes) is 1. The number of halogens is 4. The van der Waals surface area contributed by atoms with E-state index in [4.69, 9.17) is 42.6 Å². The van der Waals surface area contributed by atoms with Gasteiger partial charge in [0, 0.05) is 28.8 Å². The monoisotopic (exact) mass is 1240 g/mol. The lowest BCUT2D eigenvalue weighted by Crippen LogP contribution is -2.57. The Labute approximate surface area is 521 Å². The number of pyridine rings is 2. The molecule has 2 aliphatic rings. The molecule has 8 rings (SSSR count). The molecule has 20 heteroatoms. The van der Waals surface area contributed by atoms with Gasteiger partial charge >= 0.3 is 11.9 Å². The number of carbonyl (C=O) groups is 4. The molecule has 4 aromatic carbocycles. The molecule has 0 radical (unpaired) electrons. The summed E-state index contributed by atoms with van der Waals surface area (Å²) in [5.41, 5.74) is 5.68. The number of amides is 2. The van der Waals surface area contributed by atoms with Crippen LogP contribution in [0, 0.1) is 6.92 Å². The summed E-state index contributed by atoms with van der Waals surface area (Å²) in [7, 11) is 8.09. The molecule has 6 aromatic rings. The summed E-state index contributed by atoms with van der Waals surface area (Å²) in [4.78, 5) is 65.2. The Morgan fingerprint density at radius 1 is 0.576 bits per heavy atom. The summed E-state index contributed by atoms with van der Waals surface area (Å²) in [6.45, 7) is 9.13. The largest absolute Gasteiger partial charge is 0.492 e. The molecule has 85 heavy (non-hydrogen) atoms. The number of aliphatic hydroxyl groups is 2. The molecule has 2 aromatic heterocycles. The normalized spacial score (nSPS) is 18.3. The Kier molecular flexibility index (Phi) is 26.0. The maximum absolute atomic E-state index is 13.5. The topological polar surface area (TPSA) is 224 Å². The number of ether oxygens (including phenoxy) is 2. The lowest BCUT2D eigenvalue weighted by Gasteiger charge is -2.35. The van der Waals surface area contributed by atoms with Crippen molar-refractivity contribution < 1.29 is 49.1 Å². The van der Waals surface area contributed by atoms with Crippen LogP contribution in [0.4, 0.5) is 0 Å². The van der Waals surface area contributed by atoms with E-state index in [2.05, 4.69) is 40.3 Å². The van der Waals surface area contributed by atoms with Crippen LogP contribution >= 0.6 is 48.0 Å². The van der Waals surface area contributed by atoms with Gasteiger partial charge in [0.2, 0.25) is 0 Å². The first-order valence-corrected chi connectivity index (χ1v) is 29.2. The second-order valence-corrected chi connectivity index (χ2v) is 23.4. The van der Waals surface area contributed by atoms with Crippen molar-refractivity contribution in [1.29, 1.82) is 0 Å². The molecule has 0 aliphatic heterocycles. The van der Waals surface area contributed by atoms with E-state index in [1.54, 1.807) is 24.3 Å². The van der Waals surface area contributed by atoms with Crippen LogP contribution in [0.15, 0.2) is 109 Å². The van der Waals surface area contributed by atoms with Gasteiger partial charge in [-0.05, 0) is 189 Å². The molecule has 2 fully saturated rings. The Balaban J connectivity index is 0.000000304. The summed E-state index contributed by atoms with van der Waals surface area (Å²) < 4.78 is 12.1. The van der Waals surface area contributed by atoms with Crippen molar-refractivity contribution in [3.63, 3.8) is 0 Å². The number of aryl methyl sites for hydroxylation is 1. The number of hydrogen-bond acceptors (Lipinski definition) is 12. The van der Waals surface area contributed by atoms with Gasteiger partial charge in [-0.25, -0.2) is 19.6 Å². The molecule has 2 amide bonds. The highest BCUT2D eigenvalue weighted by atomic mass is 35.5. The highest BCUT2D eigenvalue weighted by Crippen LogP contribution is 2.40. The fourth-order valence-electron chi connectivity index (χ4n) is 10.5. The van der Waals surface area contributed by atoms with E-state index < -0.39 is 47.0 Å². The van der Waals surface area contributed by atoms with Crippen molar-refractivity contribution in [2.45, 2.75) is 121 Å². The molecule has 6 N–H and O–H groups in total. The van der Waals surface area contributed by atoms with Crippen molar-refractivity contribution >= 4 is 71.8 Å². The molecule has 0 bridgehead atoms. The average Bonchev–Trinajstić information content (AvgIpc) is 3.50. The lowest BCUT2D eigenvalue weighted by molar-refractivity contribution is -0.147. The van der Waals surface area contributed by atoms with Crippen LogP contribution in [-0.4, -0.2) is 142 Å². The van der Waals surface area contributed by atoms with Gasteiger partial charge in [0.15, 0.2) is 0 Å². The van der Waals surface area contributed by atoms with Gasteiger partial charge in [-0.3, -0.25) is 9.59 Å². The lowest BCUT2D eigenvalue weighted by atomic mass is 9.80. The van der Waals surface area contributed by atoms with E-state index >= 15 is 0 Å². The molecule has 0 saturated heterocycles. The number of carboxylic acid groups (broad SMARTS) is 2. The third-order valence-electron chi connectivity index (χ3n) is 15.4. The molecule has 0 spiro atoms. The number of aromatic nitrogens is 2. The second-order valence-electron chi connectivity index (χ2n) is 22.5. The quantitative estimate of drug-likeness (QED) is 0.0348. The smallest absolute Gasteiger partial charge is 0.329 e. The van der Waals surface area contributed by atoms with E-state index in [1.165, 1.54) is 0 Å². The number of nitrogens with one attached hydrogen (secondary N) is 2. The first-order valence-electron chi connectivity index (χ1n) is 28.4. The number of benzene rings is 4. The molecule has 0 unspecified atom stereocenters. The zero-order valence-electron chi connectivity index (χ0n) is 49.3. The molecule has 2 saturated carbocycles. The van der Waals surface area contributed by atoms with Crippen LogP contribution in [0.5, 0.6) is 11.5 Å². The van der Waals surface area contributed by atoms with Gasteiger partial charge in [0.05, 0.1) is 46.9 Å². The molecule has 16 nitrogen and oxygen atoms in total. The number of nitrogens with zero attached hydrogens (tertiary/aromatic N) is 4. The highest BCUT2D eigenvalue weighted by molar-refractivity contribution is 6.32. The van der Waals surface area contributed by atoms with Crippen molar-refractivity contribution in [2.75, 3.05) is 54.5 Å². The van der Waals surface area contributed by atoms with Crippen molar-refractivity contribution in [3.05, 3.63) is 142 Å². The summed E-state index contributed by atoms with van der Waals surface area (Å²) in [6, 6.07) is 33.9. The summed E-state index contributed by atoms with van der Waals surface area (Å²) in [6.07, 6.45) is 3.39. The number of aliphatic hydroxyl groups excluding tert-OH is 2. The van der Waals surface area contributed by atoms with Gasteiger partial charge in [0.25, 0.3) is 11.8 Å². The third-order valence-corrected chi connectivity index (χ3v) is 16.0. The minimum absolute atomic E-state index is 0. The van der Waals surface area contributed by atoms with Gasteiger partial charge in [-0.1, -0.05) is 97.7 Å². The fourth-order valence-corrected chi connectivity index (χ4v) is 10.8. The fraction of sp³-hybridized carbons (Fsp3) is 0.415.